The Hall–Kier alpha value is -8.45. The number of aliphatic hydroxyl groups is 2. The van der Waals surface area contributed by atoms with E-state index in [4.69, 9.17) is 28.7 Å². The Kier molecular flexibility index (Phi) is 28.1. The molecule has 1 heterocycles. The van der Waals surface area contributed by atoms with Crippen LogP contribution in [0.5, 0.6) is 0 Å². The zero-order valence-electron chi connectivity index (χ0n) is 46.8. The van der Waals surface area contributed by atoms with E-state index in [1.54, 1.807) is 44.2 Å². The number of amides is 9. The number of nitrogens with two attached hydrogens (primary N) is 5. The number of carboxylic acid groups (broad SMARTS) is 1. The fourth-order valence-electron chi connectivity index (χ4n) is 8.13. The van der Waals surface area contributed by atoms with Crippen LogP contribution >= 0.6 is 0 Å². The first kappa shape index (κ1) is 67.8. The number of imidazole rings is 1. The van der Waals surface area contributed by atoms with Crippen molar-refractivity contribution in [2.75, 3.05) is 26.2 Å². The molecule has 11 atom stereocenters. The molecule has 1 saturated carbocycles. The van der Waals surface area contributed by atoms with Crippen LogP contribution in [0.3, 0.4) is 0 Å². The molecule has 0 radical (unpaired) electrons. The number of aliphatic carboxylic acids is 1. The van der Waals surface area contributed by atoms with E-state index in [0.717, 1.165) is 13.8 Å². The number of aliphatic hydroxyl groups excluding tert-OH is 2. The van der Waals surface area contributed by atoms with Crippen LogP contribution in [0.15, 0.2) is 52.8 Å². The molecule has 31 nitrogen and oxygen atoms in total. The molecule has 1 aromatic heterocycles. The Morgan fingerprint density at radius 2 is 1.21 bits per heavy atom. The van der Waals surface area contributed by atoms with Gasteiger partial charge >= 0.3 is 5.97 Å². The summed E-state index contributed by atoms with van der Waals surface area (Å²) >= 11 is 0. The van der Waals surface area contributed by atoms with E-state index < -0.39 is 139 Å². The minimum Gasteiger partial charge on any atom is -0.480 e. The highest BCUT2D eigenvalue weighted by Gasteiger charge is 2.40. The van der Waals surface area contributed by atoms with Crippen LogP contribution in [0, 0.1) is 5.92 Å². The molecular weight excluding hydrogens is 1070 g/mol. The van der Waals surface area contributed by atoms with Gasteiger partial charge in [-0.15, -0.1) is 0 Å². The Morgan fingerprint density at radius 3 is 1.76 bits per heavy atom. The number of nitrogens with one attached hydrogen (secondary N) is 9. The minimum atomic E-state index is -1.85. The lowest BCUT2D eigenvalue weighted by Crippen LogP contribution is -2.63. The van der Waals surface area contributed by atoms with Gasteiger partial charge in [0.1, 0.15) is 48.8 Å². The van der Waals surface area contributed by atoms with Crippen LogP contribution in [0.1, 0.15) is 90.8 Å². The zero-order chi connectivity index (χ0) is 61.2. The maximum absolute atomic E-state index is 14.2. The summed E-state index contributed by atoms with van der Waals surface area (Å²) in [5.41, 5.74) is 28.5. The Labute approximate surface area is 474 Å². The number of aliphatic imine (C=N–C) groups is 2. The third kappa shape index (κ3) is 23.7. The smallest absolute Gasteiger partial charge is 0.323 e. The van der Waals surface area contributed by atoms with E-state index in [1.165, 1.54) is 24.3 Å². The van der Waals surface area contributed by atoms with Crippen molar-refractivity contribution in [3.8, 4) is 0 Å². The maximum Gasteiger partial charge on any atom is 0.323 e. The van der Waals surface area contributed by atoms with E-state index in [9.17, 15) is 63.3 Å². The number of guanidine groups is 2. The predicted octanol–water partition coefficient (Wildman–Crippen LogP) is -5.96. The first-order valence-electron chi connectivity index (χ1n) is 26.9. The van der Waals surface area contributed by atoms with E-state index in [2.05, 4.69) is 62.5 Å². The fourth-order valence-corrected chi connectivity index (χ4v) is 8.13. The van der Waals surface area contributed by atoms with Crippen LogP contribution in [-0.2, 0) is 60.8 Å². The van der Waals surface area contributed by atoms with Crippen molar-refractivity contribution >= 4 is 71.1 Å². The second-order valence-electron chi connectivity index (χ2n) is 20.1. The normalized spacial score (nSPS) is 15.9. The largest absolute Gasteiger partial charge is 0.480 e. The lowest BCUT2D eigenvalue weighted by molar-refractivity contribution is -0.147. The van der Waals surface area contributed by atoms with Gasteiger partial charge in [-0.2, -0.15) is 0 Å². The van der Waals surface area contributed by atoms with Gasteiger partial charge in [0.2, 0.25) is 53.2 Å². The van der Waals surface area contributed by atoms with Crippen molar-refractivity contribution in [3.05, 3.63) is 54.1 Å². The average Bonchev–Trinajstić information content (AvgIpc) is 4.14. The van der Waals surface area contributed by atoms with Crippen molar-refractivity contribution in [1.82, 2.24) is 57.4 Å². The Bertz CT molecular complexity index is 2520. The number of hydrogen-bond donors (Lipinski definition) is 17. The van der Waals surface area contributed by atoms with E-state index in [-0.39, 0.29) is 63.2 Å². The van der Waals surface area contributed by atoms with Gasteiger partial charge in [0.25, 0.3) is 0 Å². The van der Waals surface area contributed by atoms with Crippen molar-refractivity contribution in [3.63, 3.8) is 0 Å². The molecule has 1 aliphatic rings. The van der Waals surface area contributed by atoms with Crippen LogP contribution in [0.2, 0.25) is 0 Å². The molecule has 454 valence electrons. The third-order valence-corrected chi connectivity index (χ3v) is 13.1. The summed E-state index contributed by atoms with van der Waals surface area (Å²) < 4.78 is 0. The average molecular weight is 1160 g/mol. The van der Waals surface area contributed by atoms with Gasteiger partial charge in [0, 0.05) is 43.9 Å². The highest BCUT2D eigenvalue weighted by atomic mass is 16.4. The molecule has 1 fully saturated rings. The summed E-state index contributed by atoms with van der Waals surface area (Å²) in [5.74, 6) is -10.0. The summed E-state index contributed by atoms with van der Waals surface area (Å²) in [6.45, 7) is 6.01. The SMILES string of the molecule is CCC(C)[C@H](NC(=O)[C@@H](CCCN=C(N)N)NC(=O)CNC(=O)[C@@H](NC(=O)[C@@H](NC(=O)[C@H](Cc1cnc[nH]1)NC(=O)[C@@H](Cc1ccccc1)NC(=O)[C@H](C)NC(=O)[C@@H](N)CCCN=C(N)N)[C@@H](C)O)[C@@H](C)O)C(=O)N(CC(=O)O)C1CC1. The van der Waals surface area contributed by atoms with Gasteiger partial charge in [-0.05, 0) is 70.8 Å². The second-order valence-corrected chi connectivity index (χ2v) is 20.1. The van der Waals surface area contributed by atoms with E-state index in [1.807, 2.05) is 0 Å². The molecule has 31 heteroatoms. The van der Waals surface area contributed by atoms with Crippen molar-refractivity contribution < 1.29 is 63.3 Å². The summed E-state index contributed by atoms with van der Waals surface area (Å²) in [7, 11) is 0. The quantitative estimate of drug-likeness (QED) is 0.0172. The Morgan fingerprint density at radius 1 is 0.671 bits per heavy atom. The first-order valence-corrected chi connectivity index (χ1v) is 26.9. The molecule has 22 N–H and O–H groups in total. The molecule has 0 bridgehead atoms. The number of benzene rings is 1. The lowest BCUT2D eigenvalue weighted by atomic mass is 9.96. The zero-order valence-corrected chi connectivity index (χ0v) is 46.8. The highest BCUT2D eigenvalue weighted by molar-refractivity contribution is 5.98. The number of carbonyl (C=O) groups is 10. The summed E-state index contributed by atoms with van der Waals surface area (Å²) in [6.07, 6.45) is 1.22. The molecule has 2 aromatic rings. The summed E-state index contributed by atoms with van der Waals surface area (Å²) in [6, 6.07) is -3.06. The number of aromatic nitrogens is 2. The van der Waals surface area contributed by atoms with E-state index in [0.29, 0.717) is 36.9 Å². The van der Waals surface area contributed by atoms with Gasteiger partial charge in [0.05, 0.1) is 31.1 Å². The predicted molar refractivity (Wildman–Crippen MR) is 298 cm³/mol. The fraction of sp³-hybridized carbons (Fsp3) is 0.588. The first-order chi connectivity index (χ1) is 38.7. The van der Waals surface area contributed by atoms with Gasteiger partial charge < -0.3 is 96.4 Å². The second kappa shape index (κ2) is 34.0. The number of H-pyrrole nitrogens is 1. The third-order valence-electron chi connectivity index (χ3n) is 13.1. The molecule has 0 spiro atoms. The standard InChI is InChI=1S/C51H82N18O13/c1-6-26(2)39(49(82)69(24-38(73)74)32-16-17-32)66-44(77)34(15-11-19-59-51(55)56)63-37(72)23-60-47(80)40(28(4)70)68-48(81)41(29(5)71)67-46(79)36(21-31-22-57-25-61-31)65-45(78)35(20-30-12-8-7-9-13-30)64-42(75)27(3)62-43(76)33(52)14-10-18-58-50(53)54/h7-9,12-13,22,25-29,32-36,39-41,70-71H,6,10-11,14-21,23-24,52H2,1-5H3,(H,57,61)(H,60,80)(H,62,76)(H,63,72)(H,64,75)(H,65,78)(H,66,77)(H,67,79)(H,68,81)(H,73,74)(H4,53,54,58)(H4,55,56,59)/t26?,27-,28+,29+,33-,34+,35+,36-,39-,40-,41-/m0/s1. The van der Waals surface area contributed by atoms with Crippen LogP contribution < -0.4 is 71.2 Å². The molecule has 0 saturated heterocycles. The minimum absolute atomic E-state index is 0.0459. The molecule has 1 aliphatic carbocycles. The molecule has 1 aromatic carbocycles. The van der Waals surface area contributed by atoms with Gasteiger partial charge in [0.15, 0.2) is 11.9 Å². The molecule has 82 heavy (non-hydrogen) atoms. The Balaban J connectivity index is 1.77. The summed E-state index contributed by atoms with van der Waals surface area (Å²) in [4.78, 5) is 151. The summed E-state index contributed by atoms with van der Waals surface area (Å²) in [5, 5.41) is 50.9. The number of aromatic amines is 1. The van der Waals surface area contributed by atoms with Gasteiger partial charge in [-0.1, -0.05) is 50.6 Å². The maximum atomic E-state index is 14.2. The molecule has 9 amide bonds. The number of nitrogens with zero attached hydrogens (tertiary/aromatic N) is 4. The number of rotatable bonds is 36. The molecule has 0 aliphatic heterocycles. The molecule has 1 unspecified atom stereocenters. The highest BCUT2D eigenvalue weighted by Crippen LogP contribution is 2.28. The number of carbonyl (C=O) groups excluding carboxylic acids is 9. The lowest BCUT2D eigenvalue weighted by Gasteiger charge is -2.31. The molecular formula is C51H82N18O13. The van der Waals surface area contributed by atoms with Crippen molar-refractivity contribution in [2.45, 2.75) is 159 Å². The van der Waals surface area contributed by atoms with Gasteiger partial charge in [-0.3, -0.25) is 57.9 Å². The van der Waals surface area contributed by atoms with Crippen molar-refractivity contribution in [2.24, 2.45) is 44.6 Å². The van der Waals surface area contributed by atoms with Crippen LogP contribution in [0.4, 0.5) is 0 Å². The van der Waals surface area contributed by atoms with Gasteiger partial charge in [-0.25, -0.2) is 4.98 Å². The van der Waals surface area contributed by atoms with Crippen molar-refractivity contribution in [1.29, 1.82) is 0 Å². The molecule has 3 rings (SSSR count). The van der Waals surface area contributed by atoms with Crippen LogP contribution in [-0.4, -0.2) is 194 Å². The topological polar surface area (TPSA) is 514 Å². The monoisotopic (exact) mass is 1150 g/mol. The number of carboxylic acids is 1. The van der Waals surface area contributed by atoms with E-state index >= 15 is 0 Å². The van der Waals surface area contributed by atoms with Crippen LogP contribution in [0.25, 0.3) is 0 Å². The number of hydrogen-bond acceptors (Lipinski definition) is 16.